The highest BCUT2D eigenvalue weighted by molar-refractivity contribution is 5.79. The van der Waals surface area contributed by atoms with Gasteiger partial charge in [-0.15, -0.1) is 0 Å². The number of nitrogens with zero attached hydrogens (tertiary/aromatic N) is 3. The molecule has 3 rings (SSSR count). The van der Waals surface area contributed by atoms with Crippen molar-refractivity contribution in [1.82, 2.24) is 15.0 Å². The number of hydrogen-bond acceptors (Lipinski definition) is 5. The Balaban J connectivity index is 1.70. The molecule has 2 aromatic heterocycles. The van der Waals surface area contributed by atoms with Crippen LogP contribution in [-0.4, -0.2) is 27.5 Å². The summed E-state index contributed by atoms with van der Waals surface area (Å²) in [6, 6.07) is 3.67. The van der Waals surface area contributed by atoms with Gasteiger partial charge in [-0.3, -0.25) is 4.79 Å². The number of amides is 1. The van der Waals surface area contributed by atoms with Crippen LogP contribution in [-0.2, 0) is 11.3 Å². The summed E-state index contributed by atoms with van der Waals surface area (Å²) < 4.78 is 10.4. The third kappa shape index (κ3) is 2.01. The second-order valence-corrected chi connectivity index (χ2v) is 4.43. The van der Waals surface area contributed by atoms with Crippen LogP contribution in [0.1, 0.15) is 29.8 Å². The summed E-state index contributed by atoms with van der Waals surface area (Å²) in [6.45, 7) is 2.86. The number of carbonyl (C=O) groups is 1. The average Bonchev–Trinajstić information content (AvgIpc) is 3.03. The molecule has 94 valence electrons. The topological polar surface area (TPSA) is 72.4 Å². The molecule has 1 fully saturated rings. The minimum atomic E-state index is -0.00587. The molecule has 6 nitrogen and oxygen atoms in total. The van der Waals surface area contributed by atoms with Crippen LogP contribution in [0.25, 0.3) is 0 Å². The van der Waals surface area contributed by atoms with Gasteiger partial charge < -0.3 is 13.8 Å². The first-order chi connectivity index (χ1) is 8.72. The predicted molar refractivity (Wildman–Crippen MR) is 60.5 cm³/mol. The van der Waals surface area contributed by atoms with E-state index in [0.29, 0.717) is 31.2 Å². The molecule has 0 radical (unpaired) electrons. The lowest BCUT2D eigenvalue weighted by Crippen LogP contribution is -2.24. The van der Waals surface area contributed by atoms with E-state index in [2.05, 4.69) is 10.1 Å². The molecule has 0 saturated carbocycles. The third-order valence-electron chi connectivity index (χ3n) is 3.03. The maximum Gasteiger partial charge on any atom is 0.232 e. The summed E-state index contributed by atoms with van der Waals surface area (Å²) in [4.78, 5) is 17.8. The summed E-state index contributed by atoms with van der Waals surface area (Å²) in [5, 5.41) is 3.75. The molecule has 1 aliphatic rings. The molecule has 3 heterocycles. The Morgan fingerprint density at radius 1 is 1.56 bits per heavy atom. The Kier molecular flexibility index (Phi) is 2.62. The van der Waals surface area contributed by atoms with Gasteiger partial charge >= 0.3 is 0 Å². The molecule has 0 bridgehead atoms. The van der Waals surface area contributed by atoms with E-state index < -0.39 is 0 Å². The minimum absolute atomic E-state index is 0.00587. The maximum absolute atomic E-state index is 11.9. The van der Waals surface area contributed by atoms with E-state index in [1.165, 1.54) is 0 Å². The van der Waals surface area contributed by atoms with Gasteiger partial charge in [-0.2, -0.15) is 4.98 Å². The number of aryl methyl sites for hydroxylation is 1. The maximum atomic E-state index is 11.9. The second-order valence-electron chi connectivity index (χ2n) is 4.43. The number of furan rings is 1. The van der Waals surface area contributed by atoms with Crippen molar-refractivity contribution >= 4 is 5.91 Å². The molecule has 2 aromatic rings. The van der Waals surface area contributed by atoms with Crippen LogP contribution in [0.4, 0.5) is 0 Å². The van der Waals surface area contributed by atoms with Crippen molar-refractivity contribution in [2.24, 2.45) is 0 Å². The van der Waals surface area contributed by atoms with E-state index in [-0.39, 0.29) is 11.8 Å². The summed E-state index contributed by atoms with van der Waals surface area (Å²) in [6.07, 6.45) is 2.02. The summed E-state index contributed by atoms with van der Waals surface area (Å²) >= 11 is 0. The highest BCUT2D eigenvalue weighted by Gasteiger charge is 2.34. The fourth-order valence-corrected chi connectivity index (χ4v) is 2.16. The van der Waals surface area contributed by atoms with Crippen molar-refractivity contribution in [3.8, 4) is 0 Å². The molecular formula is C12H13N3O3. The molecule has 1 atom stereocenters. The van der Waals surface area contributed by atoms with Gasteiger partial charge in [0.2, 0.25) is 11.8 Å². The van der Waals surface area contributed by atoms with Crippen LogP contribution in [0.5, 0.6) is 0 Å². The van der Waals surface area contributed by atoms with E-state index in [0.717, 1.165) is 5.76 Å². The van der Waals surface area contributed by atoms with Crippen molar-refractivity contribution in [2.45, 2.75) is 25.8 Å². The molecule has 0 spiro atoms. The quantitative estimate of drug-likeness (QED) is 0.821. The van der Waals surface area contributed by atoms with Gasteiger partial charge in [0.25, 0.3) is 0 Å². The standard InChI is InChI=1S/C12H13N3O3/c1-8-13-12(18-14-8)9-5-11(16)15(6-9)7-10-3-2-4-17-10/h2-4,9H,5-7H2,1H3/t9-/m1/s1. The molecule has 1 amide bonds. The Bertz CT molecular complexity index is 547. The fourth-order valence-electron chi connectivity index (χ4n) is 2.16. The Labute approximate surface area is 104 Å². The normalized spacial score (nSPS) is 19.7. The number of hydrogen-bond donors (Lipinski definition) is 0. The van der Waals surface area contributed by atoms with Crippen LogP contribution < -0.4 is 0 Å². The Morgan fingerprint density at radius 3 is 3.11 bits per heavy atom. The number of likely N-dealkylation sites (tertiary alicyclic amines) is 1. The van der Waals surface area contributed by atoms with Crippen LogP contribution in [0.3, 0.4) is 0 Å². The lowest BCUT2D eigenvalue weighted by molar-refractivity contribution is -0.128. The van der Waals surface area contributed by atoms with Crippen molar-refractivity contribution < 1.29 is 13.7 Å². The van der Waals surface area contributed by atoms with Gasteiger partial charge in [0.05, 0.1) is 18.7 Å². The Morgan fingerprint density at radius 2 is 2.44 bits per heavy atom. The molecule has 1 saturated heterocycles. The first kappa shape index (κ1) is 11.0. The number of aromatic nitrogens is 2. The van der Waals surface area contributed by atoms with Gasteiger partial charge in [-0.25, -0.2) is 0 Å². The van der Waals surface area contributed by atoms with Gasteiger partial charge in [-0.1, -0.05) is 5.16 Å². The van der Waals surface area contributed by atoms with E-state index in [1.54, 1.807) is 18.1 Å². The van der Waals surface area contributed by atoms with E-state index in [9.17, 15) is 4.79 Å². The van der Waals surface area contributed by atoms with Crippen LogP contribution in [0, 0.1) is 6.92 Å². The van der Waals surface area contributed by atoms with E-state index in [4.69, 9.17) is 8.94 Å². The molecule has 1 aliphatic heterocycles. The molecule has 0 aliphatic carbocycles. The second kappa shape index (κ2) is 4.29. The van der Waals surface area contributed by atoms with Crippen molar-refractivity contribution in [2.75, 3.05) is 6.54 Å². The summed E-state index contributed by atoms with van der Waals surface area (Å²) in [7, 11) is 0. The predicted octanol–water partition coefficient (Wildman–Crippen LogP) is 1.49. The van der Waals surface area contributed by atoms with Crippen LogP contribution >= 0.6 is 0 Å². The first-order valence-electron chi connectivity index (χ1n) is 5.83. The van der Waals surface area contributed by atoms with Gasteiger partial charge in [0.15, 0.2) is 5.82 Å². The zero-order valence-electron chi connectivity index (χ0n) is 10.00. The van der Waals surface area contributed by atoms with Crippen molar-refractivity contribution in [1.29, 1.82) is 0 Å². The molecule has 0 N–H and O–H groups in total. The SMILES string of the molecule is Cc1noc([C@@H]2CC(=O)N(Cc3ccco3)C2)n1. The Hall–Kier alpha value is -2.11. The zero-order valence-corrected chi connectivity index (χ0v) is 10.00. The highest BCUT2D eigenvalue weighted by atomic mass is 16.5. The minimum Gasteiger partial charge on any atom is -0.467 e. The molecular weight excluding hydrogens is 234 g/mol. The smallest absolute Gasteiger partial charge is 0.232 e. The molecule has 18 heavy (non-hydrogen) atoms. The largest absolute Gasteiger partial charge is 0.467 e. The van der Waals surface area contributed by atoms with Crippen LogP contribution in [0.2, 0.25) is 0 Å². The summed E-state index contributed by atoms with van der Waals surface area (Å²) in [5.41, 5.74) is 0. The van der Waals surface area contributed by atoms with E-state index >= 15 is 0 Å². The van der Waals surface area contributed by atoms with Crippen molar-refractivity contribution in [3.63, 3.8) is 0 Å². The van der Waals surface area contributed by atoms with Gasteiger partial charge in [0, 0.05) is 13.0 Å². The fraction of sp³-hybridized carbons (Fsp3) is 0.417. The summed E-state index contributed by atoms with van der Waals surface area (Å²) in [5.74, 6) is 2.01. The highest BCUT2D eigenvalue weighted by Crippen LogP contribution is 2.28. The third-order valence-corrected chi connectivity index (χ3v) is 3.03. The lowest BCUT2D eigenvalue weighted by Gasteiger charge is -2.13. The van der Waals surface area contributed by atoms with Crippen molar-refractivity contribution in [3.05, 3.63) is 35.9 Å². The molecule has 6 heteroatoms. The molecule has 0 aromatic carbocycles. The molecule has 0 unspecified atom stereocenters. The number of carbonyl (C=O) groups excluding carboxylic acids is 1. The first-order valence-corrected chi connectivity index (χ1v) is 5.83. The van der Waals surface area contributed by atoms with Crippen LogP contribution in [0.15, 0.2) is 27.3 Å². The van der Waals surface area contributed by atoms with E-state index in [1.807, 2.05) is 12.1 Å². The lowest BCUT2D eigenvalue weighted by atomic mass is 10.1. The van der Waals surface area contributed by atoms with Gasteiger partial charge in [0.1, 0.15) is 5.76 Å². The monoisotopic (exact) mass is 247 g/mol. The van der Waals surface area contributed by atoms with Gasteiger partial charge in [-0.05, 0) is 19.1 Å². The number of rotatable bonds is 3. The average molecular weight is 247 g/mol. The zero-order chi connectivity index (χ0) is 12.5.